The summed E-state index contributed by atoms with van der Waals surface area (Å²) in [4.78, 5) is 41.6. The second-order valence-electron chi connectivity index (χ2n) is 10.9. The van der Waals surface area contributed by atoms with E-state index in [0.29, 0.717) is 0 Å². The zero-order chi connectivity index (χ0) is 36.6. The van der Waals surface area contributed by atoms with E-state index >= 15 is 0 Å². The Bertz CT molecular complexity index is 1560. The molecule has 0 heterocycles. The summed E-state index contributed by atoms with van der Waals surface area (Å²) in [5, 5.41) is 45.3. The minimum atomic E-state index is -1.33. The second-order valence-corrected chi connectivity index (χ2v) is 10.9. The van der Waals surface area contributed by atoms with Crippen LogP contribution < -0.4 is 29.6 Å². The molecule has 18 heteroatoms. The fourth-order valence-corrected chi connectivity index (χ4v) is 2.98. The Morgan fingerprint density at radius 2 is 1.23 bits per heavy atom. The molecule has 14 nitrogen and oxygen atoms in total. The third kappa shape index (κ3) is 18.5. The van der Waals surface area contributed by atoms with Gasteiger partial charge in [-0.15, -0.1) is 0 Å². The first-order valence-electron chi connectivity index (χ1n) is 13.0. The van der Waals surface area contributed by atoms with Crippen LogP contribution >= 0.6 is 0 Å². The van der Waals surface area contributed by atoms with Gasteiger partial charge in [-0.2, -0.15) is 24.6 Å². The van der Waals surface area contributed by atoms with Gasteiger partial charge in [0.25, 0.3) is 0 Å². The van der Waals surface area contributed by atoms with E-state index in [4.69, 9.17) is 25.3 Å². The van der Waals surface area contributed by atoms with Crippen molar-refractivity contribution in [1.82, 2.24) is 0 Å². The predicted molar refractivity (Wildman–Crippen MR) is 159 cm³/mol. The van der Waals surface area contributed by atoms with Crippen molar-refractivity contribution < 1.29 is 77.1 Å². The molecule has 0 saturated carbocycles. The maximum Gasteiger partial charge on any atom is 1.00 e. The fourth-order valence-electron chi connectivity index (χ4n) is 2.98. The van der Waals surface area contributed by atoms with Gasteiger partial charge in [-0.3, -0.25) is 29.8 Å². The molecule has 1 N–H and O–H groups in total. The SMILES string of the molecule is CC#N.CC(C)(C)OC(=O)CC#N.Cc1c(C(C#N)C(=O)OC(C)(C)C)ccc([N+](=O)[O-])c1F.Cc1c(F)ccc([N+](=O)[O-])c1F.[Na+].[OH-]. The van der Waals surface area contributed by atoms with E-state index < -0.39 is 67.7 Å². The van der Waals surface area contributed by atoms with Gasteiger partial charge in [0.05, 0.1) is 28.1 Å². The number of hydrogen-bond donors (Lipinski definition) is 0. The molecule has 0 aliphatic rings. The van der Waals surface area contributed by atoms with Gasteiger partial charge >= 0.3 is 52.9 Å². The van der Waals surface area contributed by atoms with E-state index in [1.165, 1.54) is 19.9 Å². The molecular formula is C30H35F3N5NaO9. The Morgan fingerprint density at radius 3 is 1.58 bits per heavy atom. The van der Waals surface area contributed by atoms with E-state index in [1.807, 2.05) is 0 Å². The molecular weight excluding hydrogens is 654 g/mol. The van der Waals surface area contributed by atoms with Crippen LogP contribution in [0.25, 0.3) is 0 Å². The summed E-state index contributed by atoms with van der Waals surface area (Å²) in [6.45, 7) is 14.1. The molecule has 0 spiro atoms. The van der Waals surface area contributed by atoms with Gasteiger partial charge in [-0.1, -0.05) is 0 Å². The molecule has 0 aliphatic carbocycles. The molecule has 0 radical (unpaired) electrons. The molecule has 1 unspecified atom stereocenters. The van der Waals surface area contributed by atoms with Crippen molar-refractivity contribution in [3.63, 3.8) is 0 Å². The van der Waals surface area contributed by atoms with Crippen molar-refractivity contribution in [2.75, 3.05) is 0 Å². The minimum absolute atomic E-state index is 0. The van der Waals surface area contributed by atoms with Crippen LogP contribution in [0.5, 0.6) is 0 Å². The predicted octanol–water partition coefficient (Wildman–Crippen LogP) is 3.77. The average Bonchev–Trinajstić information content (AvgIpc) is 2.89. The number of ether oxygens (including phenoxy) is 2. The Kier molecular flexibility index (Phi) is 23.9. The van der Waals surface area contributed by atoms with Gasteiger partial charge in [-0.25, -0.2) is 4.39 Å². The molecule has 0 aromatic heterocycles. The first-order valence-corrected chi connectivity index (χ1v) is 13.0. The number of esters is 2. The molecule has 256 valence electrons. The second kappa shape index (κ2) is 22.8. The number of nitrogens with zero attached hydrogens (tertiary/aromatic N) is 5. The van der Waals surface area contributed by atoms with Gasteiger partial charge in [0.2, 0.25) is 11.6 Å². The van der Waals surface area contributed by atoms with Gasteiger partial charge in [0.1, 0.15) is 23.4 Å². The van der Waals surface area contributed by atoms with Crippen molar-refractivity contribution in [3.05, 3.63) is 78.6 Å². The normalized spacial score (nSPS) is 10.2. The molecule has 0 aliphatic heterocycles. The zero-order valence-corrected chi connectivity index (χ0v) is 30.2. The van der Waals surface area contributed by atoms with Gasteiger partial charge in [0.15, 0.2) is 5.92 Å². The van der Waals surface area contributed by atoms with E-state index in [1.54, 1.807) is 59.8 Å². The quantitative estimate of drug-likeness (QED) is 0.189. The third-order valence-corrected chi connectivity index (χ3v) is 4.83. The standard InChI is InChI=1S/C14H15FN2O4.C7H5F2NO2.C7H11NO2.C2H3N.Na.H2O/c1-8-9(5-6-11(12(8)15)17(19)20)10(7-16)13(18)21-14(2,3)4;1-4-5(8)2-3-6(7(4)9)10(11)12;1-7(2,3)10-6(9)4-5-8;1-2-3;;/h5-6,10H,1-4H3;2-3H,1H3;4H2,1-3H3;1H3;;1H2/q;;;;+1;/p-1. The fraction of sp³-hybridized carbons (Fsp3) is 0.433. The van der Waals surface area contributed by atoms with Crippen molar-refractivity contribution >= 4 is 23.3 Å². The number of carbonyl (C=O) groups is 2. The summed E-state index contributed by atoms with van der Waals surface area (Å²) in [5.74, 6) is -5.56. The van der Waals surface area contributed by atoms with Crippen molar-refractivity contribution in [1.29, 1.82) is 15.8 Å². The van der Waals surface area contributed by atoms with Gasteiger partial charge < -0.3 is 14.9 Å². The third-order valence-electron chi connectivity index (χ3n) is 4.83. The van der Waals surface area contributed by atoms with Crippen molar-refractivity contribution in [2.24, 2.45) is 0 Å². The van der Waals surface area contributed by atoms with Crippen molar-refractivity contribution in [2.45, 2.75) is 85.9 Å². The number of halogens is 3. The number of benzene rings is 2. The number of rotatable bonds is 5. The average molecular weight is 690 g/mol. The number of nitriles is 3. The van der Waals surface area contributed by atoms with Gasteiger partial charge in [-0.05, 0) is 78.6 Å². The molecule has 0 saturated heterocycles. The van der Waals surface area contributed by atoms with Crippen LogP contribution in [0.2, 0.25) is 0 Å². The van der Waals surface area contributed by atoms with E-state index in [0.717, 1.165) is 25.1 Å². The number of hydrogen-bond acceptors (Lipinski definition) is 12. The minimum Gasteiger partial charge on any atom is -0.870 e. The topological polar surface area (TPSA) is 240 Å². The van der Waals surface area contributed by atoms with Crippen LogP contribution in [-0.2, 0) is 19.1 Å². The molecule has 2 aromatic rings. The summed E-state index contributed by atoms with van der Waals surface area (Å²) in [7, 11) is 0. The summed E-state index contributed by atoms with van der Waals surface area (Å²) in [6.07, 6.45) is -0.169. The monoisotopic (exact) mass is 689 g/mol. The maximum absolute atomic E-state index is 13.9. The Balaban J connectivity index is -0.000000306. The van der Waals surface area contributed by atoms with E-state index in [2.05, 4.69) is 0 Å². The summed E-state index contributed by atoms with van der Waals surface area (Å²) < 4.78 is 49.2. The first-order chi connectivity index (χ1) is 21.0. The van der Waals surface area contributed by atoms with Crippen LogP contribution in [0, 0.1) is 85.5 Å². The molecule has 48 heavy (non-hydrogen) atoms. The molecule has 2 aromatic carbocycles. The van der Waals surface area contributed by atoms with Crippen LogP contribution in [0.4, 0.5) is 24.5 Å². The van der Waals surface area contributed by atoms with Crippen LogP contribution in [0.3, 0.4) is 0 Å². The molecule has 0 bridgehead atoms. The van der Waals surface area contributed by atoms with Crippen molar-refractivity contribution in [3.8, 4) is 18.2 Å². The van der Waals surface area contributed by atoms with Crippen LogP contribution in [0.15, 0.2) is 24.3 Å². The van der Waals surface area contributed by atoms with Crippen LogP contribution in [0.1, 0.15) is 77.5 Å². The molecule has 2 rings (SSSR count). The smallest absolute Gasteiger partial charge is 0.870 e. The Morgan fingerprint density at radius 1 is 0.833 bits per heavy atom. The largest absolute Gasteiger partial charge is 1.00 e. The molecule has 0 fully saturated rings. The molecule has 1 atom stereocenters. The van der Waals surface area contributed by atoms with Gasteiger partial charge in [0, 0.05) is 24.6 Å². The summed E-state index contributed by atoms with van der Waals surface area (Å²) in [6, 6.07) is 9.03. The number of carbonyl (C=O) groups excluding carboxylic acids is 2. The maximum atomic E-state index is 13.9. The number of nitro groups is 2. The van der Waals surface area contributed by atoms with E-state index in [9.17, 15) is 43.0 Å². The van der Waals surface area contributed by atoms with Crippen LogP contribution in [-0.4, -0.2) is 38.5 Å². The Hall–Kier alpha value is -4.60. The zero-order valence-electron chi connectivity index (χ0n) is 28.2. The molecule has 0 amide bonds. The first kappa shape index (κ1) is 50.3. The number of nitro benzene ring substituents is 2. The van der Waals surface area contributed by atoms with E-state index in [-0.39, 0.29) is 58.1 Å². The summed E-state index contributed by atoms with van der Waals surface area (Å²) >= 11 is 0. The Labute approximate surface area is 297 Å². The summed E-state index contributed by atoms with van der Waals surface area (Å²) in [5.41, 5.74) is -3.04.